The van der Waals surface area contributed by atoms with Crippen LogP contribution in [0.3, 0.4) is 0 Å². The molecule has 2 aromatic rings. The van der Waals surface area contributed by atoms with Crippen LogP contribution >= 0.6 is 23.1 Å². The van der Waals surface area contributed by atoms with Crippen LogP contribution in [-0.4, -0.2) is 9.36 Å². The van der Waals surface area contributed by atoms with E-state index in [0.29, 0.717) is 10.7 Å². The molecule has 1 atom stereocenters. The summed E-state index contributed by atoms with van der Waals surface area (Å²) in [7, 11) is 0. The molecular formula is C9H8ClN3S. The minimum atomic E-state index is -0.338. The molecule has 0 aliphatic carbocycles. The van der Waals surface area contributed by atoms with E-state index in [0.717, 1.165) is 5.69 Å². The lowest BCUT2D eigenvalue weighted by Gasteiger charge is -2.08. The second kappa shape index (κ2) is 4.04. The van der Waals surface area contributed by atoms with E-state index in [2.05, 4.69) is 9.36 Å². The van der Waals surface area contributed by atoms with Crippen LogP contribution in [0.25, 0.3) is 0 Å². The van der Waals surface area contributed by atoms with Gasteiger partial charge in [-0.05, 0) is 29.7 Å². The summed E-state index contributed by atoms with van der Waals surface area (Å²) < 4.78 is 4.15. The Morgan fingerprint density at radius 3 is 2.93 bits per heavy atom. The van der Waals surface area contributed by atoms with Crippen molar-refractivity contribution in [1.29, 1.82) is 0 Å². The molecule has 2 rings (SSSR count). The monoisotopic (exact) mass is 225 g/mol. The van der Waals surface area contributed by atoms with Gasteiger partial charge in [0.25, 0.3) is 0 Å². The average Bonchev–Trinajstić information content (AvgIpc) is 2.70. The van der Waals surface area contributed by atoms with Crippen molar-refractivity contribution in [2.24, 2.45) is 5.73 Å². The highest BCUT2D eigenvalue weighted by Gasteiger charge is 2.14. The minimum Gasteiger partial charge on any atom is -0.318 e. The van der Waals surface area contributed by atoms with Crippen LogP contribution in [0.2, 0.25) is 5.02 Å². The summed E-state index contributed by atoms with van der Waals surface area (Å²) in [6.07, 6.45) is 1.67. The van der Waals surface area contributed by atoms with Crippen molar-refractivity contribution in [2.75, 3.05) is 0 Å². The molecule has 0 bridgehead atoms. The summed E-state index contributed by atoms with van der Waals surface area (Å²) in [6, 6.07) is 5.09. The molecule has 0 aromatic carbocycles. The van der Waals surface area contributed by atoms with Gasteiger partial charge >= 0.3 is 0 Å². The summed E-state index contributed by atoms with van der Waals surface area (Å²) in [4.78, 5) is 4.14. The average molecular weight is 226 g/mol. The molecule has 0 fully saturated rings. The summed E-state index contributed by atoms with van der Waals surface area (Å²) >= 11 is 7.34. The molecule has 14 heavy (non-hydrogen) atoms. The Morgan fingerprint density at radius 2 is 2.29 bits per heavy atom. The van der Waals surface area contributed by atoms with Crippen LogP contribution in [-0.2, 0) is 0 Å². The van der Waals surface area contributed by atoms with Gasteiger partial charge in [0.2, 0.25) is 0 Å². The SMILES string of the molecule is NC(c1ccsn1)c1ncccc1Cl. The fourth-order valence-corrected chi connectivity index (χ4v) is 1.95. The third-order valence-electron chi connectivity index (χ3n) is 1.86. The zero-order valence-electron chi connectivity index (χ0n) is 7.22. The number of halogens is 1. The molecule has 2 heterocycles. The molecular weight excluding hydrogens is 218 g/mol. The second-order valence-corrected chi connectivity index (χ2v) is 3.85. The number of hydrogen-bond donors (Lipinski definition) is 1. The maximum absolute atomic E-state index is 5.97. The van der Waals surface area contributed by atoms with Gasteiger partial charge in [-0.25, -0.2) is 0 Å². The minimum absolute atomic E-state index is 0.338. The molecule has 1 unspecified atom stereocenters. The fourth-order valence-electron chi connectivity index (χ4n) is 1.15. The maximum Gasteiger partial charge on any atom is 0.0926 e. The number of rotatable bonds is 2. The van der Waals surface area contributed by atoms with Gasteiger partial charge in [-0.15, -0.1) is 0 Å². The predicted molar refractivity (Wildman–Crippen MR) is 57.4 cm³/mol. The van der Waals surface area contributed by atoms with Crippen molar-refractivity contribution < 1.29 is 0 Å². The number of nitrogens with two attached hydrogens (primary N) is 1. The molecule has 0 aliphatic rings. The van der Waals surface area contributed by atoms with E-state index in [1.807, 2.05) is 11.4 Å². The predicted octanol–water partition coefficient (Wildman–Crippen LogP) is 2.24. The summed E-state index contributed by atoms with van der Waals surface area (Å²) in [5.41, 5.74) is 7.43. The fraction of sp³-hybridized carbons (Fsp3) is 0.111. The quantitative estimate of drug-likeness (QED) is 0.853. The summed E-state index contributed by atoms with van der Waals surface area (Å²) in [5.74, 6) is 0. The third-order valence-corrected chi connectivity index (χ3v) is 2.75. The summed E-state index contributed by atoms with van der Waals surface area (Å²) in [6.45, 7) is 0. The molecule has 5 heteroatoms. The molecule has 0 spiro atoms. The van der Waals surface area contributed by atoms with Crippen molar-refractivity contribution >= 4 is 23.1 Å². The highest BCUT2D eigenvalue weighted by molar-refractivity contribution is 7.03. The second-order valence-electron chi connectivity index (χ2n) is 2.77. The van der Waals surface area contributed by atoms with Crippen LogP contribution in [0.4, 0.5) is 0 Å². The van der Waals surface area contributed by atoms with Crippen LogP contribution < -0.4 is 5.73 Å². The summed E-state index contributed by atoms with van der Waals surface area (Å²) in [5, 5.41) is 2.46. The molecule has 0 saturated carbocycles. The molecule has 3 nitrogen and oxygen atoms in total. The van der Waals surface area contributed by atoms with Gasteiger partial charge in [-0.3, -0.25) is 4.98 Å². The van der Waals surface area contributed by atoms with Crippen molar-refractivity contribution in [3.63, 3.8) is 0 Å². The molecule has 0 saturated heterocycles. The Bertz CT molecular complexity index is 416. The highest BCUT2D eigenvalue weighted by Crippen LogP contribution is 2.23. The van der Waals surface area contributed by atoms with Crippen molar-refractivity contribution in [2.45, 2.75) is 6.04 Å². The van der Waals surface area contributed by atoms with E-state index in [1.54, 1.807) is 18.3 Å². The maximum atomic E-state index is 5.97. The first-order valence-corrected chi connectivity index (χ1v) is 5.27. The third kappa shape index (κ3) is 1.77. The largest absolute Gasteiger partial charge is 0.318 e. The van der Waals surface area contributed by atoms with E-state index in [4.69, 9.17) is 17.3 Å². The van der Waals surface area contributed by atoms with Gasteiger partial charge in [0.05, 0.1) is 22.5 Å². The number of pyridine rings is 1. The lowest BCUT2D eigenvalue weighted by atomic mass is 10.1. The zero-order valence-corrected chi connectivity index (χ0v) is 8.79. The van der Waals surface area contributed by atoms with Gasteiger partial charge in [0.1, 0.15) is 0 Å². The van der Waals surface area contributed by atoms with E-state index >= 15 is 0 Å². The number of hydrogen-bond acceptors (Lipinski definition) is 4. The van der Waals surface area contributed by atoms with Crippen molar-refractivity contribution in [3.8, 4) is 0 Å². The molecule has 2 aromatic heterocycles. The molecule has 0 amide bonds. The van der Waals surface area contributed by atoms with Crippen LogP contribution in [0.5, 0.6) is 0 Å². The molecule has 2 N–H and O–H groups in total. The number of aromatic nitrogens is 2. The number of nitrogens with zero attached hydrogens (tertiary/aromatic N) is 2. The van der Waals surface area contributed by atoms with E-state index in [1.165, 1.54) is 11.5 Å². The molecule has 72 valence electrons. The Labute approximate surface area is 90.7 Å². The van der Waals surface area contributed by atoms with Crippen molar-refractivity contribution in [3.05, 3.63) is 46.2 Å². The van der Waals surface area contributed by atoms with Gasteiger partial charge in [-0.1, -0.05) is 11.6 Å². The van der Waals surface area contributed by atoms with E-state index in [9.17, 15) is 0 Å². The normalized spacial score (nSPS) is 12.7. The van der Waals surface area contributed by atoms with E-state index < -0.39 is 0 Å². The van der Waals surface area contributed by atoms with Gasteiger partial charge in [0, 0.05) is 11.6 Å². The smallest absolute Gasteiger partial charge is 0.0926 e. The Kier molecular flexibility index (Phi) is 2.77. The van der Waals surface area contributed by atoms with Gasteiger partial charge in [0.15, 0.2) is 0 Å². The Balaban J connectivity index is 2.37. The molecule has 0 radical (unpaired) electrons. The Hall–Kier alpha value is -0.970. The zero-order chi connectivity index (χ0) is 9.97. The van der Waals surface area contributed by atoms with E-state index in [-0.39, 0.29) is 6.04 Å². The lowest BCUT2D eigenvalue weighted by molar-refractivity contribution is 0.808. The van der Waals surface area contributed by atoms with Crippen LogP contribution in [0, 0.1) is 0 Å². The molecule has 0 aliphatic heterocycles. The first kappa shape index (κ1) is 9.58. The van der Waals surface area contributed by atoms with Crippen LogP contribution in [0.15, 0.2) is 29.8 Å². The highest BCUT2D eigenvalue weighted by atomic mass is 35.5. The lowest BCUT2D eigenvalue weighted by Crippen LogP contribution is -2.14. The first-order chi connectivity index (χ1) is 6.79. The standard InChI is InChI=1S/C9H8ClN3S/c10-6-2-1-4-12-9(6)8(11)7-3-5-14-13-7/h1-5,8H,11H2. The first-order valence-electron chi connectivity index (χ1n) is 4.05. The van der Waals surface area contributed by atoms with Crippen molar-refractivity contribution in [1.82, 2.24) is 9.36 Å². The van der Waals surface area contributed by atoms with Crippen LogP contribution in [0.1, 0.15) is 17.4 Å². The Morgan fingerprint density at radius 1 is 1.43 bits per heavy atom. The topological polar surface area (TPSA) is 51.8 Å². The van der Waals surface area contributed by atoms with Gasteiger partial charge < -0.3 is 5.73 Å². The van der Waals surface area contributed by atoms with Gasteiger partial charge in [-0.2, -0.15) is 4.37 Å².